The fourth-order valence-electron chi connectivity index (χ4n) is 11.4. The van der Waals surface area contributed by atoms with E-state index in [1.807, 2.05) is 0 Å². The van der Waals surface area contributed by atoms with Crippen LogP contribution in [0.4, 0.5) is 0 Å². The molecule has 1 aliphatic carbocycles. The van der Waals surface area contributed by atoms with Crippen LogP contribution in [0, 0.1) is 5.92 Å². The molecule has 1 saturated carbocycles. The highest BCUT2D eigenvalue weighted by Gasteiger charge is 2.53. The summed E-state index contributed by atoms with van der Waals surface area (Å²) in [5.74, 6) is -13.1. The van der Waals surface area contributed by atoms with Crippen molar-refractivity contribution in [3.05, 3.63) is 0 Å². The van der Waals surface area contributed by atoms with E-state index < -0.39 is 194 Å². The number of hydrogen-bond donors (Lipinski definition) is 18. The highest BCUT2D eigenvalue weighted by atomic mass is 16.5. The minimum Gasteiger partial charge on any atom is -0.481 e. The maximum atomic E-state index is 14.6. The lowest BCUT2D eigenvalue weighted by Gasteiger charge is -2.57. The van der Waals surface area contributed by atoms with Crippen molar-refractivity contribution in [1.29, 1.82) is 0 Å². The number of carbonyl (C=O) groups is 14. The number of unbranched alkanes of at least 4 members (excludes halogenated alkanes) is 2. The van der Waals surface area contributed by atoms with Gasteiger partial charge < -0.3 is 84.5 Å². The van der Waals surface area contributed by atoms with E-state index in [0.29, 0.717) is 11.5 Å². The number of carbonyl (C=O) groups excluding carboxylic acids is 12. The minimum atomic E-state index is -1.92. The molecule has 3 heterocycles. The van der Waals surface area contributed by atoms with Gasteiger partial charge >= 0.3 is 17.9 Å². The van der Waals surface area contributed by atoms with Crippen LogP contribution < -0.4 is 64.6 Å². The Morgan fingerprint density at radius 2 is 1.21 bits per heavy atom. The maximum absolute atomic E-state index is 14.6. The van der Waals surface area contributed by atoms with Crippen LogP contribution in [0.1, 0.15) is 130 Å². The number of carboxylic acid groups (broad SMARTS) is 2. The number of esters is 1. The number of nitrogens with two attached hydrogens (primary N) is 2. The Labute approximate surface area is 524 Å². The summed E-state index contributed by atoms with van der Waals surface area (Å²) >= 11 is 0. The van der Waals surface area contributed by atoms with Gasteiger partial charge in [-0.1, -0.05) is 0 Å². The molecule has 512 valence electrons. The minimum absolute atomic E-state index is 0.0260. The first-order chi connectivity index (χ1) is 43.1. The lowest BCUT2D eigenvalue weighted by molar-refractivity contribution is -0.156. The van der Waals surface area contributed by atoms with Crippen LogP contribution in [0.2, 0.25) is 0 Å². The monoisotopic (exact) mass is 1300 g/mol. The number of cyclic esters (lactones) is 1. The molecule has 0 bridgehead atoms. The van der Waals surface area contributed by atoms with E-state index in [-0.39, 0.29) is 128 Å². The van der Waals surface area contributed by atoms with E-state index in [4.69, 9.17) is 16.2 Å². The summed E-state index contributed by atoms with van der Waals surface area (Å²) in [6.07, 6.45) is -6.35. The molecule has 4 rings (SSSR count). The highest BCUT2D eigenvalue weighted by Crippen LogP contribution is 2.40. The van der Waals surface area contributed by atoms with Gasteiger partial charge in [-0.15, -0.1) is 0 Å². The zero-order valence-corrected chi connectivity index (χ0v) is 51.3. The third-order valence-electron chi connectivity index (χ3n) is 16.3. The van der Waals surface area contributed by atoms with Crippen LogP contribution in [0.5, 0.6) is 0 Å². The standard InChI is InChI=1S/C55H91N15O21/c1-28-47(80)59-29(2)48(81)62-33(12-8-20-68(89)26-71)50(83)65-35(11-5-7-18-57)55(88)91-30(3)45(54(87)60-28)67-51(84)32(10-4-6-17-56)63-49(82)34(13-9-21-69(90)27-72)64-52(85)37(24-44(78)79)66-53(86)38-16-19-58-46-36(61-42(75)14-15-43(76)77)22-31-23-40(73)41(74)25-39(31)70(38)46/h26-41,45-46,58,73-74,89-90H,4-25,56-57H2,1-3H3,(H,59,80)(H,60,87)(H,61,75)(H,62,81)(H,63,82)(H,64,85)(H,65,83)(H,66,86)(H,67,84)(H,76,77)(H,78,79)/t28-,29+,30+,31?,32+,33-,34-,35+,36?,37+,38+,39?,40?,41?,45+,46?/m0/s1. The number of aliphatic carboxylic acids is 2. The summed E-state index contributed by atoms with van der Waals surface area (Å²) in [5.41, 5.74) is 11.5. The SMILES string of the molecule is C[C@@H]1NC(=O)[C@H](NC(=O)[C@@H](CCCCN)NC(=O)[C@H](CCCN(O)C=O)NC(=O)[C@@H](CC(=O)O)NC(=O)[C@H]2CCNC3C(NC(=O)CCC(=O)O)CC4CC(O)C(O)CC4N32)[C@@H](C)OC(=O)[C@@H](CCCCN)NC(=O)[C@H](CCCN(O)C=O)NC(=O)[C@@H](C)NC1=O. The number of hydrogen-bond acceptors (Lipinski definition) is 23. The first-order valence-electron chi connectivity index (χ1n) is 30.6. The predicted octanol–water partition coefficient (Wildman–Crippen LogP) is -6.92. The van der Waals surface area contributed by atoms with Gasteiger partial charge in [0, 0.05) is 25.6 Å². The summed E-state index contributed by atoms with van der Waals surface area (Å²) in [7, 11) is 0. The number of aliphatic hydroxyl groups excluding tert-OH is 2. The van der Waals surface area contributed by atoms with Crippen LogP contribution in [0.15, 0.2) is 0 Å². The Morgan fingerprint density at radius 1 is 0.648 bits per heavy atom. The largest absolute Gasteiger partial charge is 0.481 e. The molecule has 3 aliphatic heterocycles. The fourth-order valence-corrected chi connectivity index (χ4v) is 11.4. The molecule has 0 aromatic carbocycles. The molecule has 91 heavy (non-hydrogen) atoms. The molecule has 4 fully saturated rings. The predicted molar refractivity (Wildman–Crippen MR) is 312 cm³/mol. The van der Waals surface area contributed by atoms with Gasteiger partial charge in [-0.05, 0) is 136 Å². The second-order valence-electron chi connectivity index (χ2n) is 23.3. The Kier molecular flexibility index (Phi) is 31.3. The molecule has 3 saturated heterocycles. The summed E-state index contributed by atoms with van der Waals surface area (Å²) in [6, 6.07) is -15.4. The van der Waals surface area contributed by atoms with Crippen LogP contribution in [0.3, 0.4) is 0 Å². The molecular weight excluding hydrogens is 1210 g/mol. The number of aliphatic hydroxyl groups is 2. The molecule has 36 nitrogen and oxygen atoms in total. The first-order valence-corrected chi connectivity index (χ1v) is 30.6. The average molecular weight is 1300 g/mol. The van der Waals surface area contributed by atoms with Crippen molar-refractivity contribution >= 4 is 83.9 Å². The second kappa shape index (κ2) is 37.6. The van der Waals surface area contributed by atoms with Crippen molar-refractivity contribution in [2.24, 2.45) is 17.4 Å². The lowest BCUT2D eigenvalue weighted by Crippen LogP contribution is -2.75. The summed E-state index contributed by atoms with van der Waals surface area (Å²) in [6.45, 7) is 3.47. The summed E-state index contributed by atoms with van der Waals surface area (Å²) < 4.78 is 5.75. The maximum Gasteiger partial charge on any atom is 0.328 e. The van der Waals surface area contributed by atoms with E-state index in [9.17, 15) is 98.0 Å². The van der Waals surface area contributed by atoms with Crippen molar-refractivity contribution in [3.8, 4) is 0 Å². The van der Waals surface area contributed by atoms with E-state index in [1.165, 1.54) is 20.8 Å². The second-order valence-corrected chi connectivity index (χ2v) is 23.3. The number of fused-ring (bicyclic) bond motifs is 3. The molecule has 0 aromatic heterocycles. The van der Waals surface area contributed by atoms with Gasteiger partial charge in [-0.2, -0.15) is 0 Å². The van der Waals surface area contributed by atoms with E-state index in [0.717, 1.165) is 0 Å². The number of ether oxygens (including phenoxy) is 1. The number of carboxylic acids is 2. The Hall–Kier alpha value is -7.74. The fraction of sp³-hybridized carbons (Fsp3) is 0.745. The van der Waals surface area contributed by atoms with Gasteiger partial charge in [-0.25, -0.2) is 14.9 Å². The van der Waals surface area contributed by atoms with Gasteiger partial charge in [-0.3, -0.25) is 83.0 Å². The number of piperidine rings is 1. The average Bonchev–Trinajstić information content (AvgIpc) is 0.756. The molecule has 4 aliphatic rings. The van der Waals surface area contributed by atoms with Crippen molar-refractivity contribution in [1.82, 2.24) is 68.2 Å². The quantitative estimate of drug-likeness (QED) is 0.00978. The van der Waals surface area contributed by atoms with Crippen molar-refractivity contribution in [2.45, 2.75) is 221 Å². The van der Waals surface area contributed by atoms with Crippen molar-refractivity contribution in [2.75, 3.05) is 32.7 Å². The van der Waals surface area contributed by atoms with Gasteiger partial charge in [0.05, 0.1) is 43.3 Å². The normalized spacial score (nSPS) is 27.5. The van der Waals surface area contributed by atoms with Gasteiger partial charge in [0.15, 0.2) is 0 Å². The van der Waals surface area contributed by atoms with E-state index in [2.05, 4.69) is 53.2 Å². The number of hydroxylamine groups is 4. The molecule has 11 amide bonds. The van der Waals surface area contributed by atoms with Gasteiger partial charge in [0.1, 0.15) is 54.4 Å². The zero-order valence-electron chi connectivity index (χ0n) is 51.3. The van der Waals surface area contributed by atoms with E-state index in [1.54, 1.807) is 4.90 Å². The molecule has 0 radical (unpaired) electrons. The first kappa shape index (κ1) is 75.7. The van der Waals surface area contributed by atoms with Crippen LogP contribution in [-0.4, -0.2) is 253 Å². The van der Waals surface area contributed by atoms with E-state index >= 15 is 0 Å². The molecule has 0 spiro atoms. The molecular formula is C55H91N15O21. The van der Waals surface area contributed by atoms with Crippen molar-refractivity contribution in [3.63, 3.8) is 0 Å². The summed E-state index contributed by atoms with van der Waals surface area (Å²) in [5, 5.41) is 86.8. The smallest absolute Gasteiger partial charge is 0.328 e. The zero-order chi connectivity index (χ0) is 67.6. The molecule has 20 N–H and O–H groups in total. The molecule has 6 unspecified atom stereocenters. The topological polar surface area (TPSA) is 552 Å². The number of nitrogens with one attached hydrogen (secondary N) is 10. The Bertz CT molecular complexity index is 2560. The Balaban J connectivity index is 1.67. The highest BCUT2D eigenvalue weighted by molar-refractivity contribution is 5.99. The molecule has 16 atom stereocenters. The number of rotatable bonds is 32. The van der Waals surface area contributed by atoms with Gasteiger partial charge in [0.25, 0.3) is 0 Å². The van der Waals surface area contributed by atoms with Gasteiger partial charge in [0.2, 0.25) is 66.0 Å². The third kappa shape index (κ3) is 23.8. The van der Waals surface area contributed by atoms with Crippen LogP contribution in [0.25, 0.3) is 0 Å². The van der Waals surface area contributed by atoms with Crippen molar-refractivity contribution < 1.29 is 103 Å². The van der Waals surface area contributed by atoms with Crippen LogP contribution >= 0.6 is 0 Å². The number of nitrogens with zero attached hydrogens (tertiary/aromatic N) is 3. The summed E-state index contributed by atoms with van der Waals surface area (Å²) in [4.78, 5) is 188. The molecule has 0 aromatic rings. The molecule has 36 heteroatoms. The third-order valence-corrected chi connectivity index (χ3v) is 16.3. The Morgan fingerprint density at radius 3 is 1.84 bits per heavy atom. The number of amides is 11. The lowest BCUT2D eigenvalue weighted by atomic mass is 9.72. The van der Waals surface area contributed by atoms with Crippen LogP contribution in [-0.2, 0) is 71.9 Å².